The molecule has 1 aliphatic carbocycles. The summed E-state index contributed by atoms with van der Waals surface area (Å²) in [6, 6.07) is 5.07. The largest absolute Gasteiger partial charge is 0.328 e. The number of nitrogens with two attached hydrogens (primary N) is 1. The van der Waals surface area contributed by atoms with Gasteiger partial charge in [0.2, 0.25) is 5.91 Å². The number of nitrogens with zero attached hydrogens (tertiary/aromatic N) is 3. The molecule has 3 aromatic rings. The van der Waals surface area contributed by atoms with Crippen LogP contribution in [0.5, 0.6) is 0 Å². The van der Waals surface area contributed by atoms with Gasteiger partial charge in [-0.25, -0.2) is 9.37 Å². The number of amides is 1. The molecular weight excluding hydrogens is 523 g/mol. The molecule has 0 saturated heterocycles. The first kappa shape index (κ1) is 30.4. The second kappa shape index (κ2) is 12.4. The minimum Gasteiger partial charge on any atom is -0.328 e. The van der Waals surface area contributed by atoms with E-state index in [2.05, 4.69) is 15.4 Å². The van der Waals surface area contributed by atoms with Crippen molar-refractivity contribution in [3.8, 4) is 11.1 Å². The Hall–Kier alpha value is -1.64. The summed E-state index contributed by atoms with van der Waals surface area (Å²) in [4.78, 5) is 16.9. The molecule has 1 saturated carbocycles. The monoisotopic (exact) mass is 551 g/mol. The topological polar surface area (TPSA) is 85.8 Å². The summed E-state index contributed by atoms with van der Waals surface area (Å²) in [6.07, 6.45) is 4.87. The van der Waals surface area contributed by atoms with Crippen LogP contribution in [0.25, 0.3) is 22.0 Å². The highest BCUT2D eigenvalue weighted by molar-refractivity contribution is 6.33. The number of rotatable bonds is 4. The number of carbonyl (C=O) groups is 1. The average Bonchev–Trinajstić information content (AvgIpc) is 3.06. The number of hydrogen-bond acceptors (Lipinski definition) is 4. The Morgan fingerprint density at radius 1 is 1.24 bits per heavy atom. The number of hydrogen-bond donors (Lipinski definition) is 2. The van der Waals surface area contributed by atoms with Crippen molar-refractivity contribution in [2.24, 2.45) is 18.7 Å². The van der Waals surface area contributed by atoms with Crippen molar-refractivity contribution >= 4 is 71.5 Å². The molecule has 0 bridgehead atoms. The molecule has 2 heterocycles. The fourth-order valence-corrected chi connectivity index (χ4v) is 4.75. The lowest BCUT2D eigenvalue weighted by Gasteiger charge is -2.25. The average molecular weight is 553 g/mol. The fraction of sp³-hybridized carbons (Fsp3) is 0.435. The highest BCUT2D eigenvalue weighted by atomic mass is 35.5. The number of aromatic nitrogens is 3. The zero-order valence-corrected chi connectivity index (χ0v) is 22.4. The van der Waals surface area contributed by atoms with Crippen LogP contribution in [0.2, 0.25) is 5.02 Å². The zero-order chi connectivity index (χ0) is 22.3. The summed E-state index contributed by atoms with van der Waals surface area (Å²) < 4.78 is 16.6. The standard InChI is InChI=1S/C23H27ClFN5O.3ClH/c1-12(2)22-17-8-14(9-19(25)21(17)29-30(22)3)16-10-20(27-11-18(16)24)28-23(31)13-5-4-6-15(26)7-13;;;/h8-13,15H,4-7,26H2,1-3H3,(H,27,28,31);3*1H/t13-,15+;;;/m0.../s1. The second-order valence-electron chi connectivity index (χ2n) is 8.68. The third-order valence-electron chi connectivity index (χ3n) is 5.99. The Morgan fingerprint density at radius 3 is 2.59 bits per heavy atom. The van der Waals surface area contributed by atoms with E-state index in [0.717, 1.165) is 30.3 Å². The maximum absolute atomic E-state index is 14.9. The highest BCUT2D eigenvalue weighted by Gasteiger charge is 2.26. The molecule has 0 aliphatic heterocycles. The minimum absolute atomic E-state index is 0. The summed E-state index contributed by atoms with van der Waals surface area (Å²) in [5.41, 5.74) is 8.52. The van der Waals surface area contributed by atoms with E-state index in [0.29, 0.717) is 33.9 Å². The van der Waals surface area contributed by atoms with Crippen molar-refractivity contribution in [1.82, 2.24) is 14.8 Å². The van der Waals surface area contributed by atoms with Crippen LogP contribution in [0.4, 0.5) is 10.2 Å². The van der Waals surface area contributed by atoms with Crippen molar-refractivity contribution in [2.75, 3.05) is 5.32 Å². The molecule has 1 aromatic carbocycles. The molecule has 1 fully saturated rings. The molecule has 0 unspecified atom stereocenters. The van der Waals surface area contributed by atoms with Crippen LogP contribution < -0.4 is 11.1 Å². The second-order valence-corrected chi connectivity index (χ2v) is 9.09. The smallest absolute Gasteiger partial charge is 0.228 e. The molecule has 1 amide bonds. The quantitative estimate of drug-likeness (QED) is 0.399. The van der Waals surface area contributed by atoms with Crippen LogP contribution in [0, 0.1) is 11.7 Å². The van der Waals surface area contributed by atoms with E-state index < -0.39 is 5.82 Å². The van der Waals surface area contributed by atoms with Gasteiger partial charge in [-0.2, -0.15) is 5.10 Å². The normalized spacial score (nSPS) is 17.5. The lowest BCUT2D eigenvalue weighted by Crippen LogP contribution is -2.34. The Morgan fingerprint density at radius 2 is 1.94 bits per heavy atom. The van der Waals surface area contributed by atoms with Crippen molar-refractivity contribution < 1.29 is 9.18 Å². The van der Waals surface area contributed by atoms with Crippen LogP contribution in [-0.4, -0.2) is 26.7 Å². The molecule has 1 aliphatic rings. The van der Waals surface area contributed by atoms with Crippen molar-refractivity contribution in [3.63, 3.8) is 0 Å². The Balaban J connectivity index is 0.00000193. The summed E-state index contributed by atoms with van der Waals surface area (Å²) in [5.74, 6) is -0.0624. The van der Waals surface area contributed by atoms with Gasteiger partial charge < -0.3 is 11.1 Å². The van der Waals surface area contributed by atoms with Crippen LogP contribution in [0.15, 0.2) is 24.4 Å². The number of pyridine rings is 1. The number of benzene rings is 1. The Kier molecular flexibility index (Phi) is 11.0. The van der Waals surface area contributed by atoms with Gasteiger partial charge in [0, 0.05) is 41.8 Å². The summed E-state index contributed by atoms with van der Waals surface area (Å²) >= 11 is 6.41. The molecule has 0 radical (unpaired) electrons. The molecular formula is C23H30Cl4FN5O. The number of aryl methyl sites for hydroxylation is 1. The minimum atomic E-state index is -0.412. The molecule has 2 atom stereocenters. The predicted octanol–water partition coefficient (Wildman–Crippen LogP) is 6.27. The predicted molar refractivity (Wildman–Crippen MR) is 143 cm³/mol. The summed E-state index contributed by atoms with van der Waals surface area (Å²) in [7, 11) is 1.82. The van der Waals surface area contributed by atoms with Crippen molar-refractivity contribution in [1.29, 1.82) is 0 Å². The van der Waals surface area contributed by atoms with Crippen LogP contribution in [0.1, 0.15) is 51.1 Å². The maximum atomic E-state index is 14.9. The van der Waals surface area contributed by atoms with Gasteiger partial charge in [-0.15, -0.1) is 37.2 Å². The van der Waals surface area contributed by atoms with E-state index >= 15 is 0 Å². The molecule has 0 spiro atoms. The first-order chi connectivity index (χ1) is 14.7. The Labute approximate surface area is 222 Å². The van der Waals surface area contributed by atoms with Gasteiger partial charge in [0.25, 0.3) is 0 Å². The molecule has 2 aromatic heterocycles. The molecule has 6 nitrogen and oxygen atoms in total. The van der Waals surface area contributed by atoms with Crippen LogP contribution in [0.3, 0.4) is 0 Å². The maximum Gasteiger partial charge on any atom is 0.228 e. The van der Waals surface area contributed by atoms with E-state index in [9.17, 15) is 9.18 Å². The number of nitrogens with one attached hydrogen (secondary N) is 1. The van der Waals surface area contributed by atoms with Gasteiger partial charge in [0.05, 0.1) is 5.02 Å². The van der Waals surface area contributed by atoms with Gasteiger partial charge in [-0.3, -0.25) is 9.48 Å². The number of carbonyl (C=O) groups excluding carboxylic acids is 1. The molecule has 11 heteroatoms. The third-order valence-corrected chi connectivity index (χ3v) is 6.29. The number of anilines is 1. The summed E-state index contributed by atoms with van der Waals surface area (Å²) in [5, 5.41) is 8.35. The van der Waals surface area contributed by atoms with E-state index in [1.807, 2.05) is 27.0 Å². The number of fused-ring (bicyclic) bond motifs is 1. The molecule has 3 N–H and O–H groups in total. The lowest BCUT2D eigenvalue weighted by atomic mass is 9.85. The van der Waals surface area contributed by atoms with E-state index in [1.54, 1.807) is 10.7 Å². The lowest BCUT2D eigenvalue weighted by molar-refractivity contribution is -0.120. The zero-order valence-electron chi connectivity index (χ0n) is 19.2. The SMILES string of the molecule is CC(C)c1c2cc(-c3cc(NC(=O)[C@H]4CCC[C@@H](N)C4)ncc3Cl)cc(F)c2nn1C.Cl.Cl.Cl. The van der Waals surface area contributed by atoms with Crippen molar-refractivity contribution in [2.45, 2.75) is 51.5 Å². The van der Waals surface area contributed by atoms with E-state index in [4.69, 9.17) is 17.3 Å². The van der Waals surface area contributed by atoms with Gasteiger partial charge in [-0.05, 0) is 48.9 Å². The van der Waals surface area contributed by atoms with Crippen molar-refractivity contribution in [3.05, 3.63) is 40.9 Å². The highest BCUT2D eigenvalue weighted by Crippen LogP contribution is 2.35. The Bertz CT molecular complexity index is 1150. The van der Waals surface area contributed by atoms with Gasteiger partial charge in [-0.1, -0.05) is 31.9 Å². The van der Waals surface area contributed by atoms with Gasteiger partial charge in [0.15, 0.2) is 5.82 Å². The number of halogens is 5. The van der Waals surface area contributed by atoms with Gasteiger partial charge >= 0.3 is 0 Å². The first-order valence-corrected chi connectivity index (χ1v) is 11.0. The molecule has 34 heavy (non-hydrogen) atoms. The van der Waals surface area contributed by atoms with Crippen LogP contribution in [-0.2, 0) is 11.8 Å². The van der Waals surface area contributed by atoms with Gasteiger partial charge in [0.1, 0.15) is 11.3 Å². The fourth-order valence-electron chi connectivity index (χ4n) is 4.54. The summed E-state index contributed by atoms with van der Waals surface area (Å²) in [6.45, 7) is 4.09. The van der Waals surface area contributed by atoms with E-state index in [1.165, 1.54) is 12.3 Å². The third kappa shape index (κ3) is 6.13. The molecule has 188 valence electrons. The van der Waals surface area contributed by atoms with E-state index in [-0.39, 0.29) is 61.0 Å². The first-order valence-electron chi connectivity index (χ1n) is 10.6. The molecule has 4 rings (SSSR count). The van der Waals surface area contributed by atoms with Crippen LogP contribution >= 0.6 is 48.8 Å².